The highest BCUT2D eigenvalue weighted by Gasteiger charge is 2.20. The van der Waals surface area contributed by atoms with Gasteiger partial charge in [-0.3, -0.25) is 0 Å². The zero-order chi connectivity index (χ0) is 12.6. The van der Waals surface area contributed by atoms with Crippen LogP contribution in [0.2, 0.25) is 0 Å². The third-order valence-corrected chi connectivity index (χ3v) is 3.03. The molecule has 0 aliphatic heterocycles. The first-order chi connectivity index (χ1) is 8.11. The number of hydrogen-bond donors (Lipinski definition) is 1. The fourth-order valence-corrected chi connectivity index (χ4v) is 2.34. The normalized spacial score (nSPS) is 10.8. The van der Waals surface area contributed by atoms with Crippen LogP contribution in [0.5, 0.6) is 5.75 Å². The summed E-state index contributed by atoms with van der Waals surface area (Å²) in [6, 6.07) is 5.64. The molecular weight excluding hydrogens is 218 g/mol. The molecule has 0 atom stereocenters. The lowest BCUT2D eigenvalue weighted by atomic mass is 10.1. The van der Waals surface area contributed by atoms with Crippen molar-refractivity contribution in [3.63, 3.8) is 0 Å². The third-order valence-electron chi connectivity index (χ3n) is 3.03. The maximum atomic E-state index is 11.3. The predicted octanol–water partition coefficient (Wildman–Crippen LogP) is 2.68. The van der Waals surface area contributed by atoms with Crippen molar-refractivity contribution in [1.29, 1.82) is 0 Å². The molecule has 4 nitrogen and oxygen atoms in total. The lowest BCUT2D eigenvalue weighted by Crippen LogP contribution is -2.08. The van der Waals surface area contributed by atoms with Crippen LogP contribution in [0.4, 0.5) is 0 Å². The lowest BCUT2D eigenvalue weighted by molar-refractivity contribution is 0.0685. The van der Waals surface area contributed by atoms with Crippen LogP contribution >= 0.6 is 0 Å². The van der Waals surface area contributed by atoms with Gasteiger partial charge in [0.05, 0.1) is 12.6 Å². The molecule has 0 amide bonds. The standard InChI is InChI=1S/C13H15NO3/c1-4-14-9-6-5-7-10(17-3)11(9)8(2)12(14)13(15)16/h5-7H,4H2,1-3H3,(H,15,16). The molecule has 1 heterocycles. The summed E-state index contributed by atoms with van der Waals surface area (Å²) < 4.78 is 7.10. The molecule has 1 aromatic heterocycles. The van der Waals surface area contributed by atoms with Gasteiger partial charge >= 0.3 is 5.97 Å². The first-order valence-corrected chi connectivity index (χ1v) is 5.50. The molecule has 0 fully saturated rings. The number of carboxylic acid groups (broad SMARTS) is 1. The van der Waals surface area contributed by atoms with Gasteiger partial charge in [-0.05, 0) is 31.5 Å². The molecule has 1 aromatic carbocycles. The summed E-state index contributed by atoms with van der Waals surface area (Å²) in [4.78, 5) is 11.3. The second-order valence-corrected chi connectivity index (χ2v) is 3.88. The van der Waals surface area contributed by atoms with Crippen molar-refractivity contribution in [2.24, 2.45) is 0 Å². The van der Waals surface area contributed by atoms with Crippen LogP contribution in [0, 0.1) is 6.92 Å². The average Bonchev–Trinajstić information content (AvgIpc) is 2.62. The number of rotatable bonds is 3. The summed E-state index contributed by atoms with van der Waals surface area (Å²) in [6.07, 6.45) is 0. The minimum atomic E-state index is -0.900. The number of aryl methyl sites for hydroxylation is 2. The van der Waals surface area contributed by atoms with E-state index in [0.29, 0.717) is 12.2 Å². The quantitative estimate of drug-likeness (QED) is 0.886. The van der Waals surface area contributed by atoms with E-state index in [4.69, 9.17) is 4.74 Å². The molecule has 0 aliphatic rings. The van der Waals surface area contributed by atoms with Gasteiger partial charge in [-0.25, -0.2) is 4.79 Å². The highest BCUT2D eigenvalue weighted by atomic mass is 16.5. The van der Waals surface area contributed by atoms with E-state index in [2.05, 4.69) is 0 Å². The maximum absolute atomic E-state index is 11.3. The van der Waals surface area contributed by atoms with Crippen molar-refractivity contribution < 1.29 is 14.6 Å². The van der Waals surface area contributed by atoms with E-state index >= 15 is 0 Å². The monoisotopic (exact) mass is 233 g/mol. The average molecular weight is 233 g/mol. The number of carboxylic acids is 1. The molecule has 0 unspecified atom stereocenters. The molecule has 0 spiro atoms. The van der Waals surface area contributed by atoms with Gasteiger partial charge in [-0.1, -0.05) is 6.07 Å². The Morgan fingerprint density at radius 3 is 2.71 bits per heavy atom. The molecule has 17 heavy (non-hydrogen) atoms. The van der Waals surface area contributed by atoms with Crippen LogP contribution in [0.15, 0.2) is 18.2 Å². The third kappa shape index (κ3) is 1.56. The van der Waals surface area contributed by atoms with Gasteiger partial charge in [0.1, 0.15) is 11.4 Å². The molecule has 0 saturated heterocycles. The van der Waals surface area contributed by atoms with E-state index in [0.717, 1.165) is 22.2 Å². The molecular formula is C13H15NO3. The number of fused-ring (bicyclic) bond motifs is 1. The van der Waals surface area contributed by atoms with Crippen molar-refractivity contribution in [3.8, 4) is 5.75 Å². The largest absolute Gasteiger partial charge is 0.496 e. The summed E-state index contributed by atoms with van der Waals surface area (Å²) in [7, 11) is 1.60. The van der Waals surface area contributed by atoms with Crippen molar-refractivity contribution in [3.05, 3.63) is 29.5 Å². The summed E-state index contributed by atoms with van der Waals surface area (Å²) in [5, 5.41) is 10.2. The number of aromatic nitrogens is 1. The highest BCUT2D eigenvalue weighted by molar-refractivity contribution is 6.00. The van der Waals surface area contributed by atoms with Crippen molar-refractivity contribution in [2.45, 2.75) is 20.4 Å². The lowest BCUT2D eigenvalue weighted by Gasteiger charge is -2.05. The van der Waals surface area contributed by atoms with E-state index in [9.17, 15) is 9.90 Å². The highest BCUT2D eigenvalue weighted by Crippen LogP contribution is 2.33. The summed E-state index contributed by atoms with van der Waals surface area (Å²) in [5.41, 5.74) is 2.00. The second kappa shape index (κ2) is 4.13. The first-order valence-electron chi connectivity index (χ1n) is 5.50. The second-order valence-electron chi connectivity index (χ2n) is 3.88. The van der Waals surface area contributed by atoms with E-state index in [1.807, 2.05) is 32.0 Å². The number of hydrogen-bond acceptors (Lipinski definition) is 2. The van der Waals surface area contributed by atoms with Gasteiger partial charge in [0.2, 0.25) is 0 Å². The van der Waals surface area contributed by atoms with Gasteiger partial charge in [-0.2, -0.15) is 0 Å². The molecule has 2 aromatic rings. The zero-order valence-electron chi connectivity index (χ0n) is 10.2. The molecule has 1 N–H and O–H groups in total. The van der Waals surface area contributed by atoms with Crippen LogP contribution in [-0.4, -0.2) is 22.8 Å². The molecule has 4 heteroatoms. The molecule has 2 rings (SSSR count). The zero-order valence-corrected chi connectivity index (χ0v) is 10.2. The van der Waals surface area contributed by atoms with Crippen LogP contribution in [0.1, 0.15) is 23.0 Å². The van der Waals surface area contributed by atoms with Crippen LogP contribution in [-0.2, 0) is 6.54 Å². The topological polar surface area (TPSA) is 51.5 Å². The Morgan fingerprint density at radius 2 is 2.18 bits per heavy atom. The minimum Gasteiger partial charge on any atom is -0.496 e. The SMILES string of the molecule is CCn1c(C(=O)O)c(C)c2c(OC)cccc21. The van der Waals surface area contributed by atoms with E-state index in [1.165, 1.54) is 0 Å². The molecule has 0 aliphatic carbocycles. The fourth-order valence-electron chi connectivity index (χ4n) is 2.34. The molecule has 0 saturated carbocycles. The molecule has 0 bridgehead atoms. The van der Waals surface area contributed by atoms with Crippen LogP contribution in [0.25, 0.3) is 10.9 Å². The van der Waals surface area contributed by atoms with Crippen molar-refractivity contribution >= 4 is 16.9 Å². The van der Waals surface area contributed by atoms with E-state index in [1.54, 1.807) is 11.7 Å². The number of benzene rings is 1. The minimum absolute atomic E-state index is 0.340. The maximum Gasteiger partial charge on any atom is 0.352 e. The summed E-state index contributed by atoms with van der Waals surface area (Å²) in [6.45, 7) is 4.38. The first kappa shape index (κ1) is 11.5. The number of carbonyl (C=O) groups is 1. The van der Waals surface area contributed by atoms with Gasteiger partial charge < -0.3 is 14.4 Å². The Labute approximate surface area is 99.4 Å². The summed E-state index contributed by atoms with van der Waals surface area (Å²) >= 11 is 0. The Kier molecular flexibility index (Phi) is 2.79. The van der Waals surface area contributed by atoms with Crippen LogP contribution in [0.3, 0.4) is 0 Å². The van der Waals surface area contributed by atoms with E-state index < -0.39 is 5.97 Å². The Morgan fingerprint density at radius 1 is 1.47 bits per heavy atom. The molecule has 0 radical (unpaired) electrons. The predicted molar refractivity (Wildman–Crippen MR) is 65.9 cm³/mol. The fraction of sp³-hybridized carbons (Fsp3) is 0.308. The molecule has 90 valence electrons. The Bertz CT molecular complexity index is 584. The number of aromatic carboxylic acids is 1. The van der Waals surface area contributed by atoms with Crippen molar-refractivity contribution in [2.75, 3.05) is 7.11 Å². The van der Waals surface area contributed by atoms with Crippen molar-refractivity contribution in [1.82, 2.24) is 4.57 Å². The Hall–Kier alpha value is -1.97. The van der Waals surface area contributed by atoms with Gasteiger partial charge in [0, 0.05) is 11.9 Å². The van der Waals surface area contributed by atoms with Gasteiger partial charge in [-0.15, -0.1) is 0 Å². The number of methoxy groups -OCH3 is 1. The number of ether oxygens (including phenoxy) is 1. The van der Waals surface area contributed by atoms with Crippen LogP contribution < -0.4 is 4.74 Å². The van der Waals surface area contributed by atoms with E-state index in [-0.39, 0.29) is 0 Å². The summed E-state index contributed by atoms with van der Waals surface area (Å²) in [5.74, 6) is -0.183. The Balaban J connectivity index is 2.93. The smallest absolute Gasteiger partial charge is 0.352 e. The number of nitrogens with zero attached hydrogens (tertiary/aromatic N) is 1. The van der Waals surface area contributed by atoms with Gasteiger partial charge in [0.25, 0.3) is 0 Å². The van der Waals surface area contributed by atoms with Gasteiger partial charge in [0.15, 0.2) is 0 Å².